The van der Waals surface area contributed by atoms with Gasteiger partial charge in [-0.3, -0.25) is 9.97 Å². The Morgan fingerprint density at radius 2 is 0.704 bits per heavy atom. The van der Waals surface area contributed by atoms with Gasteiger partial charge in [-0.2, -0.15) is 26.3 Å². The van der Waals surface area contributed by atoms with Gasteiger partial charge in [-0.05, 0) is 157 Å². The van der Waals surface area contributed by atoms with Gasteiger partial charge >= 0.3 is 12.4 Å². The molecule has 0 saturated carbocycles. The van der Waals surface area contributed by atoms with E-state index in [2.05, 4.69) is 109 Å². The average Bonchev–Trinajstić information content (AvgIpc) is 3.27. The van der Waals surface area contributed by atoms with Crippen molar-refractivity contribution < 1.29 is 30.7 Å². The average molecular weight is 1030 g/mol. The van der Waals surface area contributed by atoms with Crippen LogP contribution in [0, 0.1) is 47.4 Å². The number of nitrogens with zero attached hydrogens (tertiary/aromatic N) is 2. The van der Waals surface area contributed by atoms with Crippen molar-refractivity contribution in [3.8, 4) is 0 Å². The second-order valence-electron chi connectivity index (χ2n) is 19.7. The lowest BCUT2D eigenvalue weighted by Gasteiger charge is -2.13. The fraction of sp³-hybridized carbons (Fsp3) is 0.433. The Balaban J connectivity index is 0.000000428. The molecule has 2 nitrogen and oxygen atoms in total. The lowest BCUT2D eigenvalue weighted by molar-refractivity contribution is -0.139. The number of pyridine rings is 2. The second-order valence-corrected chi connectivity index (χ2v) is 20.5. The molecule has 0 unspecified atom stereocenters. The van der Waals surface area contributed by atoms with Gasteiger partial charge < -0.3 is 0 Å². The molecule has 11 heteroatoms. The molecule has 0 atom stereocenters. The summed E-state index contributed by atoms with van der Waals surface area (Å²) in [6, 6.07) is 28.0. The first-order valence-electron chi connectivity index (χ1n) is 24.1. The van der Waals surface area contributed by atoms with Crippen molar-refractivity contribution in [3.05, 3.63) is 197 Å². The van der Waals surface area contributed by atoms with Gasteiger partial charge in [-0.25, -0.2) is 4.39 Å². The van der Waals surface area contributed by atoms with Gasteiger partial charge in [0.25, 0.3) is 0 Å². The molecule has 0 radical (unpaired) electrons. The fourth-order valence-corrected chi connectivity index (χ4v) is 6.54. The van der Waals surface area contributed by atoms with Crippen molar-refractivity contribution >= 4 is 23.2 Å². The standard InChI is InChI=1S/C11H13F3.C10H13Cl.C10H12F3N.C10H13F.C10H14.C9H12ClN/c1-7(2)9-5-4-8(3)10(6-9)11(12,13)14;1-7(2)9-5-4-8(3)10(11)6-9;1-6(2)8-4-9(10(11,12)13)7(3)14-5-8;1-7(2)9-5-4-8(3)10(11)6-9;1-8(2)10-6-4-9(3)5-7-10;1-6(2)8-4-9(10)7(3)11-5-8/h4-7H,1-3H3;4-7H,1-3H3;4-6H,1-3H3;4-7H,1-3H3;4-8H,1-3H3;4-6H,1-3H3. The zero-order valence-corrected chi connectivity index (χ0v) is 46.6. The van der Waals surface area contributed by atoms with E-state index in [9.17, 15) is 30.7 Å². The van der Waals surface area contributed by atoms with Gasteiger partial charge in [-0.15, -0.1) is 0 Å². The summed E-state index contributed by atoms with van der Waals surface area (Å²) in [6.07, 6.45) is -5.17. The highest BCUT2D eigenvalue weighted by Gasteiger charge is 2.34. The summed E-state index contributed by atoms with van der Waals surface area (Å²) in [5.74, 6) is 2.21. The zero-order valence-electron chi connectivity index (χ0n) is 45.1. The largest absolute Gasteiger partial charge is 0.418 e. The fourth-order valence-electron chi connectivity index (χ4n) is 6.18. The van der Waals surface area contributed by atoms with Crippen molar-refractivity contribution in [1.82, 2.24) is 9.97 Å². The van der Waals surface area contributed by atoms with E-state index in [-0.39, 0.29) is 28.9 Å². The highest BCUT2D eigenvalue weighted by molar-refractivity contribution is 6.31. The summed E-state index contributed by atoms with van der Waals surface area (Å²) < 4.78 is 87.8. The van der Waals surface area contributed by atoms with E-state index in [0.717, 1.165) is 38.0 Å². The topological polar surface area (TPSA) is 25.8 Å². The van der Waals surface area contributed by atoms with E-state index in [1.54, 1.807) is 19.1 Å². The Morgan fingerprint density at radius 1 is 0.366 bits per heavy atom. The van der Waals surface area contributed by atoms with Gasteiger partial charge in [0.05, 0.1) is 21.8 Å². The van der Waals surface area contributed by atoms with Crippen LogP contribution in [0.5, 0.6) is 0 Å². The first-order valence-corrected chi connectivity index (χ1v) is 24.8. The van der Waals surface area contributed by atoms with E-state index in [1.165, 1.54) is 60.5 Å². The molecule has 2 heterocycles. The molecule has 6 rings (SSSR count). The van der Waals surface area contributed by atoms with Crippen LogP contribution in [0.3, 0.4) is 0 Å². The number of hydrogen-bond donors (Lipinski definition) is 0. The number of rotatable bonds is 6. The molecular weight excluding hydrogens is 953 g/mol. The lowest BCUT2D eigenvalue weighted by Crippen LogP contribution is -2.10. The third-order valence-corrected chi connectivity index (χ3v) is 12.3. The molecule has 0 spiro atoms. The quantitative estimate of drug-likeness (QED) is 0.155. The van der Waals surface area contributed by atoms with Gasteiger partial charge in [0.15, 0.2) is 0 Å². The molecule has 0 amide bonds. The smallest absolute Gasteiger partial charge is 0.261 e. The van der Waals surface area contributed by atoms with Crippen LogP contribution in [0.1, 0.15) is 197 Å². The van der Waals surface area contributed by atoms with Crippen molar-refractivity contribution in [2.75, 3.05) is 0 Å². The van der Waals surface area contributed by atoms with Crippen LogP contribution in [0.25, 0.3) is 0 Å². The monoisotopic (exact) mass is 1030 g/mol. The number of aromatic nitrogens is 2. The normalized spacial score (nSPS) is 11.2. The van der Waals surface area contributed by atoms with Crippen molar-refractivity contribution in [2.45, 2.75) is 172 Å². The third-order valence-electron chi connectivity index (χ3n) is 11.5. The Kier molecular flexibility index (Phi) is 26.9. The first kappa shape index (κ1) is 64.3. The predicted molar refractivity (Wildman–Crippen MR) is 287 cm³/mol. The third kappa shape index (κ3) is 23.1. The van der Waals surface area contributed by atoms with Gasteiger partial charge in [0.1, 0.15) is 5.82 Å². The number of alkyl halides is 6. The molecule has 0 aliphatic heterocycles. The summed E-state index contributed by atoms with van der Waals surface area (Å²) >= 11 is 11.9. The Hall–Kier alpha value is -4.73. The van der Waals surface area contributed by atoms with E-state index in [4.69, 9.17) is 23.2 Å². The van der Waals surface area contributed by atoms with E-state index in [0.29, 0.717) is 29.2 Å². The molecule has 390 valence electrons. The minimum absolute atomic E-state index is 0.0295. The van der Waals surface area contributed by atoms with Crippen molar-refractivity contribution in [2.24, 2.45) is 0 Å². The maximum atomic E-state index is 12.9. The molecule has 0 aliphatic carbocycles. The van der Waals surface area contributed by atoms with E-state index >= 15 is 0 Å². The maximum Gasteiger partial charge on any atom is 0.418 e. The van der Waals surface area contributed by atoms with Gasteiger partial charge in [0, 0.05) is 23.1 Å². The highest BCUT2D eigenvalue weighted by atomic mass is 35.5. The first-order chi connectivity index (χ1) is 32.7. The summed E-state index contributed by atoms with van der Waals surface area (Å²) in [4.78, 5) is 7.91. The molecule has 0 N–H and O–H groups in total. The minimum atomic E-state index is -4.30. The SMILES string of the molecule is Cc1ccc(C(C)C)cc1.Cc1ccc(C(C)C)cc1C(F)(F)F.Cc1ccc(C(C)C)cc1Cl.Cc1ccc(C(C)C)cc1F.Cc1ncc(C(C)C)cc1C(F)(F)F.Cc1ncc(C(C)C)cc1Cl. The maximum absolute atomic E-state index is 12.9. The van der Waals surface area contributed by atoms with Crippen LogP contribution in [0.15, 0.2) is 103 Å². The molecular formula is C60H77Cl2F7N2. The molecule has 0 bridgehead atoms. The minimum Gasteiger partial charge on any atom is -0.261 e. The van der Waals surface area contributed by atoms with Crippen molar-refractivity contribution in [1.29, 1.82) is 0 Å². The Labute approximate surface area is 431 Å². The molecule has 4 aromatic carbocycles. The number of benzene rings is 4. The van der Waals surface area contributed by atoms with Crippen LogP contribution in [-0.4, -0.2) is 9.97 Å². The summed E-state index contributed by atoms with van der Waals surface area (Å²) in [5.41, 5.74) is 9.58. The highest BCUT2D eigenvalue weighted by Crippen LogP contribution is 2.34. The lowest BCUT2D eigenvalue weighted by atomic mass is 9.98. The molecule has 0 fully saturated rings. The van der Waals surface area contributed by atoms with Crippen LogP contribution in [0.4, 0.5) is 30.7 Å². The van der Waals surface area contributed by atoms with Crippen LogP contribution in [-0.2, 0) is 12.4 Å². The van der Waals surface area contributed by atoms with Gasteiger partial charge in [-0.1, -0.05) is 173 Å². The van der Waals surface area contributed by atoms with Crippen molar-refractivity contribution in [3.63, 3.8) is 0 Å². The summed E-state index contributed by atoms with van der Waals surface area (Å²) in [6.45, 7) is 35.2. The molecule has 71 heavy (non-hydrogen) atoms. The number of hydrogen-bond acceptors (Lipinski definition) is 2. The van der Waals surface area contributed by atoms with Crippen LogP contribution in [0.2, 0.25) is 10.0 Å². The second kappa shape index (κ2) is 29.7. The van der Waals surface area contributed by atoms with E-state index < -0.39 is 23.5 Å². The molecule has 0 aliphatic rings. The number of aryl methyl sites for hydroxylation is 6. The van der Waals surface area contributed by atoms with Crippen LogP contribution >= 0.6 is 23.2 Å². The molecule has 6 aromatic rings. The van der Waals surface area contributed by atoms with Crippen LogP contribution < -0.4 is 0 Å². The summed E-state index contributed by atoms with van der Waals surface area (Å²) in [5, 5.41) is 1.63. The summed E-state index contributed by atoms with van der Waals surface area (Å²) in [7, 11) is 0. The Bertz CT molecular complexity index is 2320. The Morgan fingerprint density at radius 3 is 1.10 bits per heavy atom. The predicted octanol–water partition coefficient (Wildman–Crippen LogP) is 21.0. The number of halogens is 9. The molecule has 0 saturated heterocycles. The molecule has 2 aromatic heterocycles. The zero-order chi connectivity index (χ0) is 54.7. The van der Waals surface area contributed by atoms with E-state index in [1.807, 2.05) is 72.0 Å². The van der Waals surface area contributed by atoms with Gasteiger partial charge in [0.2, 0.25) is 0 Å².